The lowest BCUT2D eigenvalue weighted by atomic mass is 9.98. The van der Waals surface area contributed by atoms with Gasteiger partial charge in [-0.1, -0.05) is 25.1 Å². The first-order chi connectivity index (χ1) is 10.2. The first-order valence-corrected chi connectivity index (χ1v) is 7.44. The number of para-hydroxylation sites is 1. The maximum absolute atomic E-state index is 12.6. The first-order valence-electron chi connectivity index (χ1n) is 7.44. The lowest BCUT2D eigenvalue weighted by Crippen LogP contribution is -2.36. The summed E-state index contributed by atoms with van der Waals surface area (Å²) >= 11 is 0. The van der Waals surface area contributed by atoms with Gasteiger partial charge in [0, 0.05) is 24.0 Å². The Morgan fingerprint density at radius 1 is 1.29 bits per heavy atom. The second kappa shape index (κ2) is 4.35. The van der Waals surface area contributed by atoms with Gasteiger partial charge in [0.15, 0.2) is 6.04 Å². The van der Waals surface area contributed by atoms with E-state index in [-0.39, 0.29) is 11.9 Å². The van der Waals surface area contributed by atoms with Gasteiger partial charge in [-0.3, -0.25) is 9.69 Å². The molecule has 21 heavy (non-hydrogen) atoms. The molecule has 1 unspecified atom stereocenters. The van der Waals surface area contributed by atoms with Gasteiger partial charge in [0.2, 0.25) is 0 Å². The highest BCUT2D eigenvalue weighted by atomic mass is 16.2. The average Bonchev–Trinajstić information content (AvgIpc) is 2.98. The predicted octanol–water partition coefficient (Wildman–Crippen LogP) is 2.44. The molecule has 108 valence electrons. The molecule has 2 aliphatic rings. The van der Waals surface area contributed by atoms with Gasteiger partial charge >= 0.3 is 6.03 Å². The van der Waals surface area contributed by atoms with E-state index in [1.54, 1.807) is 4.90 Å². The number of urea groups is 1. The molecule has 0 radical (unpaired) electrons. The molecular weight excluding hydrogens is 266 g/mol. The molecule has 1 atom stereocenters. The maximum atomic E-state index is 12.6. The molecule has 2 aromatic rings. The maximum Gasteiger partial charge on any atom is 0.327 e. The lowest BCUT2D eigenvalue weighted by molar-refractivity contribution is -0.128. The Labute approximate surface area is 122 Å². The van der Waals surface area contributed by atoms with Gasteiger partial charge in [-0.05, 0) is 24.5 Å². The van der Waals surface area contributed by atoms with E-state index >= 15 is 0 Å². The standard InChI is InChI=1S/C16H17N3O2/c1-2-8-19-15(20)14-13-11(7-9-18(14)16(19)21)10-5-3-4-6-12(10)17-13/h3-6,14,17H,2,7-9H2,1H3. The van der Waals surface area contributed by atoms with Crippen LogP contribution in [0.15, 0.2) is 24.3 Å². The summed E-state index contributed by atoms with van der Waals surface area (Å²) in [5, 5.41) is 1.17. The van der Waals surface area contributed by atoms with E-state index in [0.717, 1.165) is 24.1 Å². The van der Waals surface area contributed by atoms with Crippen LogP contribution < -0.4 is 0 Å². The lowest BCUT2D eigenvalue weighted by Gasteiger charge is -2.26. The minimum atomic E-state index is -0.458. The van der Waals surface area contributed by atoms with Crippen LogP contribution in [-0.4, -0.2) is 39.8 Å². The zero-order valence-corrected chi connectivity index (χ0v) is 11.9. The highest BCUT2D eigenvalue weighted by molar-refractivity contribution is 6.05. The third kappa shape index (κ3) is 1.57. The Morgan fingerprint density at radius 2 is 2.10 bits per heavy atom. The topological polar surface area (TPSA) is 56.4 Å². The summed E-state index contributed by atoms with van der Waals surface area (Å²) in [6.07, 6.45) is 1.59. The van der Waals surface area contributed by atoms with E-state index in [1.165, 1.54) is 15.8 Å². The number of imide groups is 1. The van der Waals surface area contributed by atoms with Crippen molar-refractivity contribution in [2.75, 3.05) is 13.1 Å². The van der Waals surface area contributed by atoms with Crippen LogP contribution in [0.1, 0.15) is 30.6 Å². The van der Waals surface area contributed by atoms with Crippen molar-refractivity contribution < 1.29 is 9.59 Å². The summed E-state index contributed by atoms with van der Waals surface area (Å²) < 4.78 is 0. The monoisotopic (exact) mass is 283 g/mol. The molecule has 1 fully saturated rings. The summed E-state index contributed by atoms with van der Waals surface area (Å²) in [7, 11) is 0. The van der Waals surface area contributed by atoms with Crippen LogP contribution in [0.4, 0.5) is 4.79 Å². The fourth-order valence-electron chi connectivity index (χ4n) is 3.53. The predicted molar refractivity (Wildman–Crippen MR) is 78.8 cm³/mol. The molecule has 0 saturated carbocycles. The third-order valence-corrected chi connectivity index (χ3v) is 4.46. The molecular formula is C16H17N3O2. The number of nitrogens with one attached hydrogen (secondary N) is 1. The zero-order valence-electron chi connectivity index (χ0n) is 11.9. The molecule has 0 aliphatic carbocycles. The highest BCUT2D eigenvalue weighted by Gasteiger charge is 2.48. The molecule has 5 nitrogen and oxygen atoms in total. The number of hydrogen-bond donors (Lipinski definition) is 1. The molecule has 1 N–H and O–H groups in total. The van der Waals surface area contributed by atoms with Gasteiger partial charge in [-0.25, -0.2) is 4.79 Å². The van der Waals surface area contributed by atoms with Gasteiger partial charge in [0.1, 0.15) is 0 Å². The minimum Gasteiger partial charge on any atom is -0.356 e. The summed E-state index contributed by atoms with van der Waals surface area (Å²) in [6.45, 7) is 3.09. The largest absolute Gasteiger partial charge is 0.356 e. The number of aromatic nitrogens is 1. The molecule has 0 bridgehead atoms. The molecule has 1 saturated heterocycles. The van der Waals surface area contributed by atoms with Gasteiger partial charge in [-0.2, -0.15) is 0 Å². The van der Waals surface area contributed by atoms with Gasteiger partial charge in [-0.15, -0.1) is 0 Å². The number of nitrogens with zero attached hydrogens (tertiary/aromatic N) is 2. The molecule has 3 heterocycles. The molecule has 3 amide bonds. The van der Waals surface area contributed by atoms with Crippen molar-refractivity contribution in [1.29, 1.82) is 0 Å². The van der Waals surface area contributed by atoms with Gasteiger partial charge < -0.3 is 9.88 Å². The van der Waals surface area contributed by atoms with E-state index < -0.39 is 6.04 Å². The number of H-pyrrole nitrogens is 1. The Morgan fingerprint density at radius 3 is 2.90 bits per heavy atom. The second-order valence-corrected chi connectivity index (χ2v) is 5.68. The van der Waals surface area contributed by atoms with Crippen LogP contribution in [0.3, 0.4) is 0 Å². The van der Waals surface area contributed by atoms with Crippen LogP contribution in [-0.2, 0) is 11.2 Å². The van der Waals surface area contributed by atoms with E-state index in [0.29, 0.717) is 13.1 Å². The molecule has 5 heteroatoms. The number of benzene rings is 1. The summed E-state index contributed by atoms with van der Waals surface area (Å²) in [5.74, 6) is -0.0886. The van der Waals surface area contributed by atoms with Gasteiger partial charge in [0.25, 0.3) is 5.91 Å². The van der Waals surface area contributed by atoms with Crippen molar-refractivity contribution in [1.82, 2.24) is 14.8 Å². The van der Waals surface area contributed by atoms with Crippen LogP contribution in [0, 0.1) is 0 Å². The number of aromatic amines is 1. The number of carbonyl (C=O) groups excluding carboxylic acids is 2. The van der Waals surface area contributed by atoms with E-state index in [4.69, 9.17) is 0 Å². The molecule has 1 aromatic carbocycles. The van der Waals surface area contributed by atoms with Crippen molar-refractivity contribution in [2.45, 2.75) is 25.8 Å². The second-order valence-electron chi connectivity index (χ2n) is 5.68. The first kappa shape index (κ1) is 12.4. The Kier molecular flexibility index (Phi) is 2.58. The number of carbonyl (C=O) groups is 2. The summed E-state index contributed by atoms with van der Waals surface area (Å²) in [4.78, 5) is 31.5. The van der Waals surface area contributed by atoms with Crippen LogP contribution in [0.25, 0.3) is 10.9 Å². The van der Waals surface area contributed by atoms with Crippen molar-refractivity contribution in [3.63, 3.8) is 0 Å². The zero-order chi connectivity index (χ0) is 14.6. The Hall–Kier alpha value is -2.30. The van der Waals surface area contributed by atoms with E-state index in [9.17, 15) is 9.59 Å². The van der Waals surface area contributed by atoms with Crippen molar-refractivity contribution >= 4 is 22.8 Å². The molecule has 0 spiro atoms. The number of hydrogen-bond acceptors (Lipinski definition) is 2. The SMILES string of the molecule is CCCN1C(=O)C2c3[nH]c4ccccc4c3CCN2C1=O. The fraction of sp³-hybridized carbons (Fsp3) is 0.375. The number of amides is 3. The normalized spacial score (nSPS) is 21.1. The van der Waals surface area contributed by atoms with Crippen LogP contribution in [0.5, 0.6) is 0 Å². The highest BCUT2D eigenvalue weighted by Crippen LogP contribution is 2.39. The minimum absolute atomic E-state index is 0.0886. The van der Waals surface area contributed by atoms with Crippen molar-refractivity contribution in [2.24, 2.45) is 0 Å². The quantitative estimate of drug-likeness (QED) is 0.861. The Balaban J connectivity index is 1.85. The molecule has 2 aliphatic heterocycles. The van der Waals surface area contributed by atoms with Gasteiger partial charge in [0.05, 0.1) is 5.69 Å². The van der Waals surface area contributed by atoms with Crippen LogP contribution in [0.2, 0.25) is 0 Å². The smallest absolute Gasteiger partial charge is 0.327 e. The average molecular weight is 283 g/mol. The number of fused-ring (bicyclic) bond motifs is 5. The van der Waals surface area contributed by atoms with E-state index in [2.05, 4.69) is 11.1 Å². The number of rotatable bonds is 2. The van der Waals surface area contributed by atoms with Crippen molar-refractivity contribution in [3.05, 3.63) is 35.5 Å². The molecule has 1 aromatic heterocycles. The molecule has 4 rings (SSSR count). The fourth-order valence-corrected chi connectivity index (χ4v) is 3.53. The van der Waals surface area contributed by atoms with Crippen molar-refractivity contribution in [3.8, 4) is 0 Å². The Bertz CT molecular complexity index is 749. The summed E-state index contributed by atoms with van der Waals surface area (Å²) in [5.41, 5.74) is 3.13. The van der Waals surface area contributed by atoms with Crippen LogP contribution >= 0.6 is 0 Å². The van der Waals surface area contributed by atoms with E-state index in [1.807, 2.05) is 25.1 Å². The third-order valence-electron chi connectivity index (χ3n) is 4.46. The summed E-state index contributed by atoms with van der Waals surface area (Å²) in [6, 6.07) is 7.48.